The van der Waals surface area contributed by atoms with Crippen LogP contribution >= 0.6 is 0 Å². The summed E-state index contributed by atoms with van der Waals surface area (Å²) in [4.78, 5) is 22.2. The third kappa shape index (κ3) is 5.45. The Hall–Kier alpha value is -4.02. The summed E-state index contributed by atoms with van der Waals surface area (Å²) in [5.74, 6) is 1.22. The molecule has 0 radical (unpaired) electrons. The van der Waals surface area contributed by atoms with Crippen molar-refractivity contribution in [1.82, 2.24) is 24.8 Å². The van der Waals surface area contributed by atoms with Gasteiger partial charge in [-0.3, -0.25) is 4.90 Å². The zero-order valence-corrected chi connectivity index (χ0v) is 24.3. The van der Waals surface area contributed by atoms with E-state index >= 15 is 0 Å². The van der Waals surface area contributed by atoms with Crippen molar-refractivity contribution in [2.75, 3.05) is 31.1 Å². The lowest BCUT2D eigenvalue weighted by Crippen LogP contribution is -2.41. The number of fused-ring (bicyclic) bond motifs is 1. The van der Waals surface area contributed by atoms with E-state index in [1.165, 1.54) is 30.4 Å². The molecule has 2 saturated heterocycles. The average molecular weight is 585 g/mol. The number of anilines is 1. The molecule has 0 bridgehead atoms. The van der Waals surface area contributed by atoms with Crippen LogP contribution in [0.1, 0.15) is 49.4 Å². The highest BCUT2D eigenvalue weighted by molar-refractivity contribution is 5.73. The molecule has 8 nitrogen and oxygen atoms in total. The molecule has 10 heteroatoms. The number of halogens is 2. The molecule has 4 aromatic rings. The Morgan fingerprint density at radius 1 is 0.930 bits per heavy atom. The first-order valence-electron chi connectivity index (χ1n) is 14.9. The number of aromatic nitrogens is 4. The van der Waals surface area contributed by atoms with Crippen LogP contribution in [0, 0.1) is 11.6 Å². The van der Waals surface area contributed by atoms with Gasteiger partial charge in [-0.15, -0.1) is 0 Å². The van der Waals surface area contributed by atoms with Gasteiger partial charge in [-0.05, 0) is 66.6 Å². The van der Waals surface area contributed by atoms with E-state index in [2.05, 4.69) is 29.7 Å². The summed E-state index contributed by atoms with van der Waals surface area (Å²) < 4.78 is 41.2. The molecule has 7 rings (SSSR count). The Morgan fingerprint density at radius 2 is 1.74 bits per heavy atom. The predicted octanol–water partition coefficient (Wildman–Crippen LogP) is 5.92. The van der Waals surface area contributed by atoms with Gasteiger partial charge in [-0.2, -0.15) is 0 Å². The fraction of sp³-hybridized carbons (Fsp3) is 0.394. The van der Waals surface area contributed by atoms with E-state index in [0.717, 1.165) is 55.7 Å². The van der Waals surface area contributed by atoms with Crippen LogP contribution in [0.15, 0.2) is 61.4 Å². The van der Waals surface area contributed by atoms with Gasteiger partial charge in [-0.25, -0.2) is 28.7 Å². The minimum absolute atomic E-state index is 0.114. The van der Waals surface area contributed by atoms with E-state index in [1.54, 1.807) is 30.6 Å². The van der Waals surface area contributed by atoms with E-state index in [9.17, 15) is 8.78 Å². The van der Waals surface area contributed by atoms with Crippen molar-refractivity contribution in [3.63, 3.8) is 0 Å². The smallest absolute Gasteiger partial charge is 0.188 e. The van der Waals surface area contributed by atoms with Crippen LogP contribution in [0.2, 0.25) is 0 Å². The topological polar surface area (TPSA) is 76.5 Å². The van der Waals surface area contributed by atoms with Gasteiger partial charge in [0.25, 0.3) is 0 Å². The minimum Gasteiger partial charge on any atom is -0.451 e. The quantitative estimate of drug-likeness (QED) is 0.276. The summed E-state index contributed by atoms with van der Waals surface area (Å²) >= 11 is 0. The van der Waals surface area contributed by atoms with Gasteiger partial charge in [0.15, 0.2) is 11.6 Å². The van der Waals surface area contributed by atoms with Crippen LogP contribution < -0.4 is 9.64 Å². The Morgan fingerprint density at radius 3 is 2.63 bits per heavy atom. The fourth-order valence-corrected chi connectivity index (χ4v) is 6.77. The summed E-state index contributed by atoms with van der Waals surface area (Å²) in [6.45, 7) is 7.93. The molecule has 3 aliphatic heterocycles. The van der Waals surface area contributed by atoms with Crippen LogP contribution in [0.25, 0.3) is 11.1 Å². The van der Waals surface area contributed by atoms with E-state index in [0.29, 0.717) is 42.1 Å². The normalized spacial score (nSPS) is 22.0. The van der Waals surface area contributed by atoms with Crippen LogP contribution in [-0.4, -0.2) is 62.7 Å². The maximum Gasteiger partial charge on any atom is 0.188 e. The Labute approximate surface area is 249 Å². The zero-order chi connectivity index (χ0) is 29.6. The number of benzene rings is 2. The van der Waals surface area contributed by atoms with E-state index in [-0.39, 0.29) is 23.2 Å². The van der Waals surface area contributed by atoms with Crippen LogP contribution in [0.3, 0.4) is 0 Å². The lowest BCUT2D eigenvalue weighted by Gasteiger charge is -2.33. The summed E-state index contributed by atoms with van der Waals surface area (Å²) in [5.41, 5.74) is 4.15. The highest BCUT2D eigenvalue weighted by Crippen LogP contribution is 2.43. The van der Waals surface area contributed by atoms with Gasteiger partial charge in [0.2, 0.25) is 0 Å². The summed E-state index contributed by atoms with van der Waals surface area (Å²) in [5, 5.41) is 0. The summed E-state index contributed by atoms with van der Waals surface area (Å²) in [6.07, 6.45) is 9.03. The minimum atomic E-state index is -0.371. The van der Waals surface area contributed by atoms with Crippen molar-refractivity contribution in [2.24, 2.45) is 0 Å². The first-order chi connectivity index (χ1) is 20.9. The zero-order valence-electron chi connectivity index (χ0n) is 24.3. The number of hydrogen-bond acceptors (Lipinski definition) is 8. The van der Waals surface area contributed by atoms with E-state index in [1.807, 2.05) is 19.9 Å². The molecule has 0 aliphatic carbocycles. The average Bonchev–Trinajstić information content (AvgIpc) is 3.64. The summed E-state index contributed by atoms with van der Waals surface area (Å²) in [7, 11) is 0. The number of hydrogen-bond donors (Lipinski definition) is 0. The van der Waals surface area contributed by atoms with Crippen LogP contribution in [0.5, 0.6) is 11.5 Å². The standard InChI is InChI=1S/C33H34F2N6O2/c1-21(2)31-28(14-36-19-38-31)27-12-25(35)5-6-29(27)43-30-15-37-20-39-32(30)41-10-8-33(18-41)13-26(17-42-33)40-9-7-22-11-24(34)4-3-23(22)16-40/h3-6,11-12,14-15,19-21,26H,7-10,13,16-18H2,1-2H3. The second kappa shape index (κ2) is 11.2. The first-order valence-corrected chi connectivity index (χ1v) is 14.9. The van der Waals surface area contributed by atoms with Gasteiger partial charge in [0.1, 0.15) is 30.0 Å². The third-order valence-corrected chi connectivity index (χ3v) is 8.93. The largest absolute Gasteiger partial charge is 0.451 e. The SMILES string of the molecule is CC(C)c1ncncc1-c1cc(F)ccc1Oc1cncnc1N1CCC2(CC(N3CCc4cc(F)ccc4C3)CO2)C1. The highest BCUT2D eigenvalue weighted by atomic mass is 19.1. The Balaban J connectivity index is 1.10. The van der Waals surface area contributed by atoms with Gasteiger partial charge in [-0.1, -0.05) is 19.9 Å². The fourth-order valence-electron chi connectivity index (χ4n) is 6.77. The lowest BCUT2D eigenvalue weighted by atomic mass is 9.93. The molecule has 0 saturated carbocycles. The van der Waals surface area contributed by atoms with Crippen molar-refractivity contribution in [2.45, 2.75) is 57.2 Å². The number of nitrogens with zero attached hydrogens (tertiary/aromatic N) is 6. The van der Waals surface area contributed by atoms with Gasteiger partial charge >= 0.3 is 0 Å². The van der Waals surface area contributed by atoms with E-state index < -0.39 is 0 Å². The molecule has 43 heavy (non-hydrogen) atoms. The molecule has 222 valence electrons. The lowest BCUT2D eigenvalue weighted by molar-refractivity contribution is 0.0198. The van der Waals surface area contributed by atoms with Crippen molar-refractivity contribution in [3.8, 4) is 22.6 Å². The molecule has 2 fully saturated rings. The van der Waals surface area contributed by atoms with E-state index in [4.69, 9.17) is 9.47 Å². The monoisotopic (exact) mass is 584 g/mol. The maximum atomic E-state index is 14.5. The molecule has 2 unspecified atom stereocenters. The van der Waals surface area contributed by atoms with Gasteiger partial charge in [0.05, 0.1) is 24.1 Å². The number of rotatable bonds is 6. The molecule has 2 aromatic heterocycles. The third-order valence-electron chi connectivity index (χ3n) is 8.93. The molecular formula is C33H34F2N6O2. The summed E-state index contributed by atoms with van der Waals surface area (Å²) in [6, 6.07) is 9.91. The van der Waals surface area contributed by atoms with Crippen molar-refractivity contribution in [3.05, 3.63) is 89.9 Å². The second-order valence-electron chi connectivity index (χ2n) is 12.1. The van der Waals surface area contributed by atoms with Crippen LogP contribution in [-0.2, 0) is 17.7 Å². The predicted molar refractivity (Wildman–Crippen MR) is 158 cm³/mol. The molecule has 1 spiro atoms. The Kier molecular flexibility index (Phi) is 7.26. The molecule has 2 atom stereocenters. The maximum absolute atomic E-state index is 14.5. The van der Waals surface area contributed by atoms with Crippen molar-refractivity contribution in [1.29, 1.82) is 0 Å². The van der Waals surface area contributed by atoms with Gasteiger partial charge in [0, 0.05) is 49.5 Å². The molecule has 5 heterocycles. The number of ether oxygens (including phenoxy) is 2. The van der Waals surface area contributed by atoms with Crippen LogP contribution in [0.4, 0.5) is 14.6 Å². The molecule has 2 aromatic carbocycles. The highest BCUT2D eigenvalue weighted by Gasteiger charge is 2.48. The van der Waals surface area contributed by atoms with Crippen molar-refractivity contribution >= 4 is 5.82 Å². The molecule has 0 N–H and O–H groups in total. The van der Waals surface area contributed by atoms with Crippen molar-refractivity contribution < 1.29 is 18.3 Å². The first kappa shape index (κ1) is 27.8. The molecule has 0 amide bonds. The molecular weight excluding hydrogens is 550 g/mol. The second-order valence-corrected chi connectivity index (χ2v) is 12.1. The molecule has 3 aliphatic rings. The van der Waals surface area contributed by atoms with Gasteiger partial charge < -0.3 is 14.4 Å². The Bertz CT molecular complexity index is 1650.